The molecule has 5 nitrogen and oxygen atoms in total. The summed E-state index contributed by atoms with van der Waals surface area (Å²) in [5.41, 5.74) is 2.01. The molecule has 1 aliphatic heterocycles. The van der Waals surface area contributed by atoms with E-state index < -0.39 is 0 Å². The first kappa shape index (κ1) is 15.7. The lowest BCUT2D eigenvalue weighted by Gasteiger charge is -2.25. The van der Waals surface area contributed by atoms with E-state index in [2.05, 4.69) is 29.3 Å². The topological polar surface area (TPSA) is 54.5 Å². The monoisotopic (exact) mass is 313 g/mol. The molecule has 0 radical (unpaired) electrons. The van der Waals surface area contributed by atoms with Gasteiger partial charge in [-0.2, -0.15) is 0 Å². The minimum atomic E-state index is 0.134. The molecule has 5 heteroatoms. The van der Waals surface area contributed by atoms with Gasteiger partial charge in [0.1, 0.15) is 5.75 Å². The van der Waals surface area contributed by atoms with Crippen molar-refractivity contribution >= 4 is 16.8 Å². The summed E-state index contributed by atoms with van der Waals surface area (Å²) in [5.74, 6) is 1.01. The van der Waals surface area contributed by atoms with Crippen molar-refractivity contribution in [2.75, 3.05) is 19.7 Å². The molecular formula is C18H23N3O2. The van der Waals surface area contributed by atoms with Crippen LogP contribution in [-0.4, -0.2) is 41.5 Å². The molecule has 0 aliphatic carbocycles. The van der Waals surface area contributed by atoms with Gasteiger partial charge in [-0.15, -0.1) is 0 Å². The van der Waals surface area contributed by atoms with Gasteiger partial charge in [-0.3, -0.25) is 14.7 Å². The summed E-state index contributed by atoms with van der Waals surface area (Å²) >= 11 is 0. The van der Waals surface area contributed by atoms with E-state index in [4.69, 9.17) is 9.72 Å². The third-order valence-electron chi connectivity index (χ3n) is 4.24. The van der Waals surface area contributed by atoms with Crippen LogP contribution in [0.25, 0.3) is 10.9 Å². The third-order valence-corrected chi connectivity index (χ3v) is 4.24. The highest BCUT2D eigenvalue weighted by Crippen LogP contribution is 2.21. The molecule has 3 rings (SSSR count). The standard InChI is InChI=1S/C18H23N3O2/c1-3-23-16-6-7-17-14(10-16)4-5-15(20-17)12-21-9-8-18(22)19-11-13(21)2/h4-7,10,13H,3,8-9,11-12H2,1-2H3,(H,19,22)/t13-/m0/s1. The van der Waals surface area contributed by atoms with E-state index in [9.17, 15) is 4.79 Å². The van der Waals surface area contributed by atoms with Gasteiger partial charge in [-0.1, -0.05) is 6.07 Å². The summed E-state index contributed by atoms with van der Waals surface area (Å²) in [5, 5.41) is 4.03. The van der Waals surface area contributed by atoms with Crippen molar-refractivity contribution < 1.29 is 9.53 Å². The first-order valence-electron chi connectivity index (χ1n) is 8.19. The minimum Gasteiger partial charge on any atom is -0.494 e. The average Bonchev–Trinajstić information content (AvgIpc) is 2.71. The highest BCUT2D eigenvalue weighted by molar-refractivity contribution is 5.80. The van der Waals surface area contributed by atoms with Gasteiger partial charge in [-0.25, -0.2) is 0 Å². The van der Waals surface area contributed by atoms with Gasteiger partial charge in [0.25, 0.3) is 0 Å². The van der Waals surface area contributed by atoms with Gasteiger partial charge < -0.3 is 10.1 Å². The highest BCUT2D eigenvalue weighted by Gasteiger charge is 2.20. The number of hydrogen-bond donors (Lipinski definition) is 1. The van der Waals surface area contributed by atoms with Gasteiger partial charge in [0.2, 0.25) is 5.91 Å². The Morgan fingerprint density at radius 3 is 3.04 bits per heavy atom. The first-order valence-corrected chi connectivity index (χ1v) is 8.19. The zero-order valence-corrected chi connectivity index (χ0v) is 13.7. The lowest BCUT2D eigenvalue weighted by molar-refractivity contribution is -0.120. The van der Waals surface area contributed by atoms with Crippen LogP contribution in [0.1, 0.15) is 26.0 Å². The summed E-state index contributed by atoms with van der Waals surface area (Å²) in [6.45, 7) is 7.02. The number of hydrogen-bond acceptors (Lipinski definition) is 4. The Morgan fingerprint density at radius 1 is 1.35 bits per heavy atom. The molecule has 1 aromatic heterocycles. The van der Waals surface area contributed by atoms with Crippen LogP contribution in [0.5, 0.6) is 5.75 Å². The van der Waals surface area contributed by atoms with Crippen molar-refractivity contribution in [2.24, 2.45) is 0 Å². The van der Waals surface area contributed by atoms with E-state index >= 15 is 0 Å². The SMILES string of the molecule is CCOc1ccc2nc(CN3CCC(=O)NC[C@@H]3C)ccc2c1. The summed E-state index contributed by atoms with van der Waals surface area (Å²) in [6.07, 6.45) is 0.551. The third kappa shape index (κ3) is 3.79. The molecule has 0 bridgehead atoms. The number of carbonyl (C=O) groups is 1. The van der Waals surface area contributed by atoms with Crippen molar-refractivity contribution in [2.45, 2.75) is 32.9 Å². The second-order valence-corrected chi connectivity index (χ2v) is 5.96. The highest BCUT2D eigenvalue weighted by atomic mass is 16.5. The Morgan fingerprint density at radius 2 is 2.22 bits per heavy atom. The average molecular weight is 313 g/mol. The molecule has 2 aromatic rings. The summed E-state index contributed by atoms with van der Waals surface area (Å²) in [4.78, 5) is 18.6. The van der Waals surface area contributed by atoms with Crippen molar-refractivity contribution in [1.29, 1.82) is 0 Å². The van der Waals surface area contributed by atoms with Gasteiger partial charge in [-0.05, 0) is 38.1 Å². The second kappa shape index (κ2) is 6.96. The number of nitrogens with one attached hydrogen (secondary N) is 1. The second-order valence-electron chi connectivity index (χ2n) is 5.96. The van der Waals surface area contributed by atoms with E-state index in [-0.39, 0.29) is 5.91 Å². The van der Waals surface area contributed by atoms with Crippen LogP contribution in [0, 0.1) is 0 Å². The van der Waals surface area contributed by atoms with Crippen LogP contribution in [-0.2, 0) is 11.3 Å². The Hall–Kier alpha value is -2.14. The van der Waals surface area contributed by atoms with Gasteiger partial charge in [0.05, 0.1) is 17.8 Å². The smallest absolute Gasteiger partial charge is 0.221 e. The van der Waals surface area contributed by atoms with Crippen molar-refractivity contribution in [3.05, 3.63) is 36.0 Å². The van der Waals surface area contributed by atoms with E-state index in [1.165, 1.54) is 0 Å². The number of benzene rings is 1. The molecule has 1 saturated heterocycles. The molecule has 1 N–H and O–H groups in total. The number of ether oxygens (including phenoxy) is 1. The molecule has 23 heavy (non-hydrogen) atoms. The number of fused-ring (bicyclic) bond motifs is 1. The van der Waals surface area contributed by atoms with Crippen molar-refractivity contribution in [1.82, 2.24) is 15.2 Å². The van der Waals surface area contributed by atoms with Crippen molar-refractivity contribution in [3.8, 4) is 5.75 Å². The molecule has 1 aliphatic rings. The van der Waals surface area contributed by atoms with Crippen molar-refractivity contribution in [3.63, 3.8) is 0 Å². The zero-order chi connectivity index (χ0) is 16.2. The number of pyridine rings is 1. The number of aromatic nitrogens is 1. The Kier molecular flexibility index (Phi) is 4.76. The van der Waals surface area contributed by atoms with E-state index in [0.29, 0.717) is 25.6 Å². The first-order chi connectivity index (χ1) is 11.2. The van der Waals surface area contributed by atoms with Crippen LogP contribution >= 0.6 is 0 Å². The normalized spacial score (nSPS) is 19.4. The molecule has 0 saturated carbocycles. The fourth-order valence-corrected chi connectivity index (χ4v) is 2.88. The molecule has 1 amide bonds. The van der Waals surface area contributed by atoms with Gasteiger partial charge >= 0.3 is 0 Å². The summed E-state index contributed by atoms with van der Waals surface area (Å²) in [6, 6.07) is 10.4. The molecule has 1 atom stereocenters. The lowest BCUT2D eigenvalue weighted by Crippen LogP contribution is -2.37. The van der Waals surface area contributed by atoms with Crippen LogP contribution < -0.4 is 10.1 Å². The maximum Gasteiger partial charge on any atom is 0.221 e. The predicted molar refractivity (Wildman–Crippen MR) is 90.4 cm³/mol. The minimum absolute atomic E-state index is 0.134. The van der Waals surface area contributed by atoms with E-state index in [0.717, 1.165) is 35.4 Å². The van der Waals surface area contributed by atoms with E-state index in [1.807, 2.05) is 25.1 Å². The molecule has 2 heterocycles. The molecule has 1 fully saturated rings. The molecule has 0 unspecified atom stereocenters. The largest absolute Gasteiger partial charge is 0.494 e. The van der Waals surface area contributed by atoms with Crippen LogP contribution in [0.3, 0.4) is 0 Å². The number of rotatable bonds is 4. The fourth-order valence-electron chi connectivity index (χ4n) is 2.88. The molecule has 0 spiro atoms. The quantitative estimate of drug-likeness (QED) is 0.941. The lowest BCUT2D eigenvalue weighted by atomic mass is 10.1. The molecule has 122 valence electrons. The maximum atomic E-state index is 11.5. The van der Waals surface area contributed by atoms with Crippen LogP contribution in [0.4, 0.5) is 0 Å². The Bertz CT molecular complexity index is 702. The number of amides is 1. The zero-order valence-electron chi connectivity index (χ0n) is 13.7. The maximum absolute atomic E-state index is 11.5. The summed E-state index contributed by atoms with van der Waals surface area (Å²) < 4.78 is 5.53. The number of nitrogens with zero attached hydrogens (tertiary/aromatic N) is 2. The van der Waals surface area contributed by atoms with Crippen LogP contribution in [0.15, 0.2) is 30.3 Å². The van der Waals surface area contributed by atoms with Crippen LogP contribution in [0.2, 0.25) is 0 Å². The van der Waals surface area contributed by atoms with Gasteiger partial charge in [0.15, 0.2) is 0 Å². The predicted octanol–water partition coefficient (Wildman–Crippen LogP) is 2.34. The Labute approximate surface area is 136 Å². The fraction of sp³-hybridized carbons (Fsp3) is 0.444. The number of carbonyl (C=O) groups excluding carboxylic acids is 1. The Balaban J connectivity index is 1.77. The van der Waals surface area contributed by atoms with E-state index in [1.54, 1.807) is 0 Å². The summed E-state index contributed by atoms with van der Waals surface area (Å²) in [7, 11) is 0. The molecular weight excluding hydrogens is 290 g/mol. The molecule has 1 aromatic carbocycles. The van der Waals surface area contributed by atoms with Gasteiger partial charge in [0, 0.05) is 37.5 Å².